The van der Waals surface area contributed by atoms with Gasteiger partial charge in [-0.15, -0.1) is 11.3 Å². The lowest BCUT2D eigenvalue weighted by Crippen LogP contribution is -2.21. The summed E-state index contributed by atoms with van der Waals surface area (Å²) in [5, 5.41) is 5.90. The van der Waals surface area contributed by atoms with Crippen LogP contribution in [0.15, 0.2) is 57.1 Å². The number of thiophene rings is 1. The Kier molecular flexibility index (Phi) is 6.84. The molecular formula is C29H27NO6S. The molecule has 1 aliphatic carbocycles. The summed E-state index contributed by atoms with van der Waals surface area (Å²) in [4.78, 5) is 37.6. The number of ether oxygens (including phenoxy) is 2. The van der Waals surface area contributed by atoms with Crippen LogP contribution in [0.3, 0.4) is 0 Å². The quantitative estimate of drug-likeness (QED) is 0.241. The van der Waals surface area contributed by atoms with Crippen LogP contribution >= 0.6 is 11.3 Å². The number of hydrogen-bond acceptors (Lipinski definition) is 7. The molecule has 0 atom stereocenters. The third kappa shape index (κ3) is 4.89. The zero-order chi connectivity index (χ0) is 26.1. The lowest BCUT2D eigenvalue weighted by atomic mass is 9.98. The van der Waals surface area contributed by atoms with Gasteiger partial charge in [-0.25, -0.2) is 9.59 Å². The first kappa shape index (κ1) is 24.8. The Hall–Kier alpha value is -3.91. The van der Waals surface area contributed by atoms with E-state index in [1.54, 1.807) is 12.1 Å². The van der Waals surface area contributed by atoms with Gasteiger partial charge in [0.1, 0.15) is 21.9 Å². The molecule has 0 fully saturated rings. The Morgan fingerprint density at radius 1 is 1.08 bits per heavy atom. The van der Waals surface area contributed by atoms with E-state index in [4.69, 9.17) is 13.9 Å². The number of benzene rings is 2. The van der Waals surface area contributed by atoms with Crippen molar-refractivity contribution in [3.8, 4) is 16.9 Å². The largest absolute Gasteiger partial charge is 0.484 e. The first-order chi connectivity index (χ1) is 17.9. The minimum atomic E-state index is -0.530. The zero-order valence-electron chi connectivity index (χ0n) is 20.9. The second-order valence-electron chi connectivity index (χ2n) is 9.32. The van der Waals surface area contributed by atoms with Gasteiger partial charge in [0, 0.05) is 28.0 Å². The number of anilines is 1. The molecule has 37 heavy (non-hydrogen) atoms. The van der Waals surface area contributed by atoms with Crippen LogP contribution in [0.1, 0.15) is 53.2 Å². The fourth-order valence-corrected chi connectivity index (χ4v) is 5.65. The molecule has 0 saturated carbocycles. The third-order valence-corrected chi connectivity index (χ3v) is 7.53. The summed E-state index contributed by atoms with van der Waals surface area (Å²) in [6.07, 6.45) is 2.54. The van der Waals surface area contributed by atoms with Crippen LogP contribution in [-0.2, 0) is 22.4 Å². The molecule has 0 aliphatic heterocycles. The van der Waals surface area contributed by atoms with Crippen LogP contribution in [0, 0.1) is 0 Å². The van der Waals surface area contributed by atoms with Gasteiger partial charge in [0.25, 0.3) is 5.91 Å². The van der Waals surface area contributed by atoms with E-state index >= 15 is 0 Å². The first-order valence-corrected chi connectivity index (χ1v) is 13.0. The number of carbonyl (C=O) groups is 2. The van der Waals surface area contributed by atoms with Crippen molar-refractivity contribution < 1.29 is 23.5 Å². The maximum absolute atomic E-state index is 12.7. The average Bonchev–Trinajstić information content (AvgIpc) is 3.55. The Bertz CT molecular complexity index is 1550. The summed E-state index contributed by atoms with van der Waals surface area (Å²) in [6, 6.07) is 13.2. The van der Waals surface area contributed by atoms with Crippen molar-refractivity contribution in [3.05, 3.63) is 80.5 Å². The van der Waals surface area contributed by atoms with Gasteiger partial charge in [-0.05, 0) is 54.0 Å². The molecule has 2 aromatic heterocycles. The smallest absolute Gasteiger partial charge is 0.341 e. The molecule has 2 heterocycles. The predicted octanol–water partition coefficient (Wildman–Crippen LogP) is 5.94. The second-order valence-corrected chi connectivity index (χ2v) is 10.2. The maximum atomic E-state index is 12.7. The Morgan fingerprint density at radius 3 is 2.57 bits per heavy atom. The second kappa shape index (κ2) is 10.2. The average molecular weight is 518 g/mol. The highest BCUT2D eigenvalue weighted by molar-refractivity contribution is 7.15. The normalized spacial score (nSPS) is 12.5. The minimum absolute atomic E-state index is 0.280. The number of aryl methyl sites for hydroxylation is 1. The van der Waals surface area contributed by atoms with Gasteiger partial charge in [-0.3, -0.25) is 4.79 Å². The summed E-state index contributed by atoms with van der Waals surface area (Å²) in [5.41, 5.74) is 5.00. The van der Waals surface area contributed by atoms with Crippen LogP contribution < -0.4 is 15.7 Å². The van der Waals surface area contributed by atoms with Crippen LogP contribution in [-0.4, -0.2) is 25.6 Å². The lowest BCUT2D eigenvalue weighted by molar-refractivity contribution is -0.118. The van der Waals surface area contributed by atoms with E-state index in [0.29, 0.717) is 33.4 Å². The fraction of sp³-hybridized carbons (Fsp3) is 0.276. The van der Waals surface area contributed by atoms with Crippen LogP contribution in [0.5, 0.6) is 5.75 Å². The lowest BCUT2D eigenvalue weighted by Gasteiger charge is -2.10. The molecule has 8 heteroatoms. The predicted molar refractivity (Wildman–Crippen MR) is 144 cm³/mol. The fourth-order valence-electron chi connectivity index (χ4n) is 4.68. The Morgan fingerprint density at radius 2 is 1.84 bits per heavy atom. The highest BCUT2D eigenvalue weighted by Crippen LogP contribution is 2.37. The minimum Gasteiger partial charge on any atom is -0.484 e. The van der Waals surface area contributed by atoms with Gasteiger partial charge in [0.2, 0.25) is 0 Å². The Labute approximate surface area is 218 Å². The molecule has 4 aromatic rings. The number of amides is 1. The van der Waals surface area contributed by atoms with Gasteiger partial charge >= 0.3 is 11.6 Å². The first-order valence-electron chi connectivity index (χ1n) is 12.2. The number of carbonyl (C=O) groups excluding carboxylic acids is 2. The van der Waals surface area contributed by atoms with Crippen molar-refractivity contribution in [3.63, 3.8) is 0 Å². The van der Waals surface area contributed by atoms with Crippen molar-refractivity contribution in [1.29, 1.82) is 0 Å². The molecule has 1 N–H and O–H groups in total. The molecule has 5 rings (SSSR count). The molecule has 1 amide bonds. The summed E-state index contributed by atoms with van der Waals surface area (Å²) >= 11 is 1.25. The van der Waals surface area contributed by atoms with E-state index in [9.17, 15) is 14.4 Å². The number of esters is 1. The van der Waals surface area contributed by atoms with Crippen molar-refractivity contribution in [2.24, 2.45) is 0 Å². The SMILES string of the molecule is COC(=O)c1c(-c2ccc(C(C)C)cc2)csc1NC(=O)COc1ccc2c3c(c(=O)oc2c1)CCC3. The molecule has 0 bridgehead atoms. The van der Waals surface area contributed by atoms with E-state index in [1.807, 2.05) is 35.7 Å². The third-order valence-electron chi connectivity index (χ3n) is 6.64. The number of fused-ring (bicyclic) bond motifs is 3. The Balaban J connectivity index is 1.32. The molecule has 1 aliphatic rings. The van der Waals surface area contributed by atoms with E-state index in [2.05, 4.69) is 19.2 Å². The van der Waals surface area contributed by atoms with Gasteiger partial charge in [0.05, 0.1) is 7.11 Å². The summed E-state index contributed by atoms with van der Waals surface area (Å²) in [7, 11) is 1.31. The molecule has 190 valence electrons. The summed E-state index contributed by atoms with van der Waals surface area (Å²) in [5.74, 6) is -0.151. The van der Waals surface area contributed by atoms with Crippen molar-refractivity contribution >= 4 is 39.2 Å². The van der Waals surface area contributed by atoms with Gasteiger partial charge in [0.15, 0.2) is 6.61 Å². The van der Waals surface area contributed by atoms with Crippen molar-refractivity contribution in [1.82, 2.24) is 0 Å². The van der Waals surface area contributed by atoms with Crippen molar-refractivity contribution in [2.45, 2.75) is 39.0 Å². The van der Waals surface area contributed by atoms with Gasteiger partial charge < -0.3 is 19.2 Å². The molecule has 0 spiro atoms. The number of nitrogens with one attached hydrogen (secondary N) is 1. The number of methoxy groups -OCH3 is 1. The number of hydrogen-bond donors (Lipinski definition) is 1. The van der Waals surface area contributed by atoms with Gasteiger partial charge in [-0.2, -0.15) is 0 Å². The van der Waals surface area contributed by atoms with Crippen LogP contribution in [0.2, 0.25) is 0 Å². The summed E-state index contributed by atoms with van der Waals surface area (Å²) in [6.45, 7) is 3.96. The van der Waals surface area contributed by atoms with E-state index < -0.39 is 11.9 Å². The highest BCUT2D eigenvalue weighted by Gasteiger charge is 2.23. The molecule has 0 unspecified atom stereocenters. The van der Waals surface area contributed by atoms with Crippen LogP contribution in [0.4, 0.5) is 5.00 Å². The topological polar surface area (TPSA) is 94.8 Å². The van der Waals surface area contributed by atoms with E-state index in [0.717, 1.165) is 41.3 Å². The standard InChI is InChI=1S/C29H27NO6S/c1-16(2)17-7-9-18(10-8-17)23-15-37-27(26(23)29(33)34-3)30-25(31)14-35-19-11-12-21-20-5-4-6-22(20)28(32)36-24(21)13-19/h7-13,15-16H,4-6,14H2,1-3H3,(H,30,31). The van der Waals surface area contributed by atoms with Crippen LogP contribution in [0.25, 0.3) is 22.1 Å². The monoisotopic (exact) mass is 517 g/mol. The molecule has 2 aromatic carbocycles. The summed E-state index contributed by atoms with van der Waals surface area (Å²) < 4.78 is 16.2. The van der Waals surface area contributed by atoms with E-state index in [-0.39, 0.29) is 12.2 Å². The maximum Gasteiger partial charge on any atom is 0.341 e. The van der Waals surface area contributed by atoms with Gasteiger partial charge in [-0.1, -0.05) is 38.1 Å². The zero-order valence-corrected chi connectivity index (χ0v) is 21.7. The molecular weight excluding hydrogens is 490 g/mol. The highest BCUT2D eigenvalue weighted by atomic mass is 32.1. The van der Waals surface area contributed by atoms with E-state index in [1.165, 1.54) is 24.0 Å². The number of rotatable bonds is 7. The molecule has 0 radical (unpaired) electrons. The molecule has 0 saturated heterocycles. The van der Waals surface area contributed by atoms with Crippen molar-refractivity contribution in [2.75, 3.05) is 19.0 Å². The molecule has 7 nitrogen and oxygen atoms in total.